The van der Waals surface area contributed by atoms with Crippen LogP contribution in [0.1, 0.15) is 27.7 Å². The second-order valence-electron chi connectivity index (χ2n) is 3.50. The Hall–Kier alpha value is -0.280. The van der Waals surface area contributed by atoms with Crippen molar-refractivity contribution >= 4 is 17.7 Å². The van der Waals surface area contributed by atoms with Gasteiger partial charge in [0.15, 0.2) is 0 Å². The number of halogens is 1. The predicted octanol–water partition coefficient (Wildman–Crippen LogP) is 1.71. The topological polar surface area (TPSA) is 40.5 Å². The largest absolute Gasteiger partial charge is 0.480 e. The first-order valence-corrected chi connectivity index (χ1v) is 3.78. The van der Waals surface area contributed by atoms with Crippen LogP contribution in [-0.2, 0) is 4.79 Å². The highest BCUT2D eigenvalue weighted by Crippen LogP contribution is 2.19. The van der Waals surface area contributed by atoms with Gasteiger partial charge in [-0.05, 0) is 39.5 Å². The normalized spacial score (nSPS) is 15.1. The van der Waals surface area contributed by atoms with E-state index in [-0.39, 0.29) is 5.54 Å². The Kier molecular flexibility index (Phi) is 3.32. The minimum absolute atomic E-state index is 0.320. The SMILES string of the molecule is CC(C(=O)O)N(Cl)C(C)(C)C. The van der Waals surface area contributed by atoms with Crippen LogP contribution in [0.2, 0.25) is 0 Å². The molecule has 0 spiro atoms. The fourth-order valence-electron chi connectivity index (χ4n) is 0.678. The maximum atomic E-state index is 10.5. The monoisotopic (exact) mass is 179 g/mol. The molecule has 0 rings (SSSR count). The van der Waals surface area contributed by atoms with Gasteiger partial charge in [0, 0.05) is 5.54 Å². The number of aliphatic carboxylic acids is 1. The minimum Gasteiger partial charge on any atom is -0.480 e. The van der Waals surface area contributed by atoms with Gasteiger partial charge >= 0.3 is 5.97 Å². The molecule has 0 bridgehead atoms. The van der Waals surface area contributed by atoms with E-state index in [9.17, 15) is 4.79 Å². The summed E-state index contributed by atoms with van der Waals surface area (Å²) in [5, 5.41) is 8.59. The third-order valence-electron chi connectivity index (χ3n) is 1.34. The van der Waals surface area contributed by atoms with Crippen LogP contribution in [0.4, 0.5) is 0 Å². The first-order chi connectivity index (χ1) is 4.76. The van der Waals surface area contributed by atoms with E-state index in [0.29, 0.717) is 0 Å². The zero-order valence-electron chi connectivity index (χ0n) is 7.26. The third-order valence-corrected chi connectivity index (χ3v) is 2.14. The first kappa shape index (κ1) is 10.7. The molecule has 11 heavy (non-hydrogen) atoms. The van der Waals surface area contributed by atoms with E-state index in [2.05, 4.69) is 0 Å². The number of hydrogen-bond acceptors (Lipinski definition) is 2. The van der Waals surface area contributed by atoms with Crippen LogP contribution in [0.3, 0.4) is 0 Å². The van der Waals surface area contributed by atoms with Gasteiger partial charge in [-0.15, -0.1) is 0 Å². The molecule has 0 aromatic rings. The van der Waals surface area contributed by atoms with Crippen LogP contribution >= 0.6 is 11.8 Å². The van der Waals surface area contributed by atoms with E-state index >= 15 is 0 Å². The molecule has 4 heteroatoms. The molecule has 0 aromatic carbocycles. The highest BCUT2D eigenvalue weighted by molar-refractivity contribution is 6.15. The van der Waals surface area contributed by atoms with Gasteiger partial charge in [0.05, 0.1) is 0 Å². The van der Waals surface area contributed by atoms with E-state index < -0.39 is 12.0 Å². The summed E-state index contributed by atoms with van der Waals surface area (Å²) >= 11 is 5.75. The van der Waals surface area contributed by atoms with Gasteiger partial charge in [0.25, 0.3) is 0 Å². The van der Waals surface area contributed by atoms with E-state index in [1.807, 2.05) is 20.8 Å². The molecule has 0 aromatic heterocycles. The van der Waals surface area contributed by atoms with Crippen LogP contribution in [-0.4, -0.2) is 27.1 Å². The summed E-state index contributed by atoms with van der Waals surface area (Å²) in [6, 6.07) is -0.656. The minimum atomic E-state index is -0.907. The average molecular weight is 180 g/mol. The number of carboxylic acids is 1. The molecule has 0 radical (unpaired) electrons. The van der Waals surface area contributed by atoms with Gasteiger partial charge in [-0.1, -0.05) is 0 Å². The number of carbonyl (C=O) groups is 1. The highest BCUT2D eigenvalue weighted by atomic mass is 35.5. The summed E-state index contributed by atoms with van der Waals surface area (Å²) in [4.78, 5) is 10.5. The molecule has 0 fully saturated rings. The van der Waals surface area contributed by atoms with Crippen molar-refractivity contribution in [3.05, 3.63) is 0 Å². The van der Waals surface area contributed by atoms with Crippen LogP contribution in [0.5, 0.6) is 0 Å². The van der Waals surface area contributed by atoms with Crippen molar-refractivity contribution in [1.82, 2.24) is 4.42 Å². The fraction of sp³-hybridized carbons (Fsp3) is 0.857. The Morgan fingerprint density at radius 1 is 1.55 bits per heavy atom. The molecule has 0 amide bonds. The lowest BCUT2D eigenvalue weighted by atomic mass is 10.1. The van der Waals surface area contributed by atoms with Crippen molar-refractivity contribution in [3.63, 3.8) is 0 Å². The maximum absolute atomic E-state index is 10.5. The second-order valence-corrected chi connectivity index (χ2v) is 3.86. The second kappa shape index (κ2) is 3.41. The Labute approximate surface area is 72.1 Å². The number of carboxylic acid groups (broad SMARTS) is 1. The zero-order valence-corrected chi connectivity index (χ0v) is 8.01. The molecular weight excluding hydrogens is 166 g/mol. The summed E-state index contributed by atoms with van der Waals surface area (Å²) in [5.41, 5.74) is -0.320. The predicted molar refractivity (Wildman–Crippen MR) is 44.5 cm³/mol. The van der Waals surface area contributed by atoms with Crippen LogP contribution in [0.25, 0.3) is 0 Å². The standard InChI is InChI=1S/C7H14ClNO2/c1-5(6(10)11)9(8)7(2,3)4/h5H,1-4H3,(H,10,11). The van der Waals surface area contributed by atoms with Gasteiger partial charge in [-0.2, -0.15) is 0 Å². The van der Waals surface area contributed by atoms with Crippen LogP contribution in [0, 0.1) is 0 Å². The van der Waals surface area contributed by atoms with Gasteiger partial charge in [0.1, 0.15) is 6.04 Å². The Balaban J connectivity index is 4.25. The van der Waals surface area contributed by atoms with Gasteiger partial charge in [-0.25, -0.2) is 4.42 Å². The van der Waals surface area contributed by atoms with E-state index in [1.54, 1.807) is 6.92 Å². The lowest BCUT2D eigenvalue weighted by molar-refractivity contribution is -0.142. The number of rotatable bonds is 2. The average Bonchev–Trinajstić information content (AvgIpc) is 1.82. The van der Waals surface area contributed by atoms with Crippen molar-refractivity contribution in [2.24, 2.45) is 0 Å². The molecule has 0 saturated heterocycles. The van der Waals surface area contributed by atoms with Crippen molar-refractivity contribution in [2.45, 2.75) is 39.3 Å². The third kappa shape index (κ3) is 3.08. The summed E-state index contributed by atoms with van der Waals surface area (Å²) in [5.74, 6) is -0.907. The lowest BCUT2D eigenvalue weighted by Crippen LogP contribution is -2.43. The van der Waals surface area contributed by atoms with Gasteiger partial charge in [0.2, 0.25) is 0 Å². The molecule has 0 aliphatic carbocycles. The van der Waals surface area contributed by atoms with Crippen LogP contribution in [0.15, 0.2) is 0 Å². The Bertz CT molecular complexity index is 153. The lowest BCUT2D eigenvalue weighted by Gasteiger charge is -2.31. The molecule has 1 unspecified atom stereocenters. The quantitative estimate of drug-likeness (QED) is 0.657. The Morgan fingerprint density at radius 3 is 2.00 bits per heavy atom. The van der Waals surface area contributed by atoms with Crippen molar-refractivity contribution in [1.29, 1.82) is 0 Å². The van der Waals surface area contributed by atoms with E-state index in [4.69, 9.17) is 16.9 Å². The number of nitrogens with zero attached hydrogens (tertiary/aromatic N) is 1. The fourth-order valence-corrected chi connectivity index (χ4v) is 0.761. The van der Waals surface area contributed by atoms with E-state index in [0.717, 1.165) is 0 Å². The highest BCUT2D eigenvalue weighted by Gasteiger charge is 2.28. The smallest absolute Gasteiger partial charge is 0.321 e. The summed E-state index contributed by atoms with van der Waals surface area (Å²) in [7, 11) is 0. The molecule has 3 nitrogen and oxygen atoms in total. The van der Waals surface area contributed by atoms with Crippen molar-refractivity contribution in [3.8, 4) is 0 Å². The molecule has 0 saturated carbocycles. The first-order valence-electron chi connectivity index (χ1n) is 3.44. The maximum Gasteiger partial charge on any atom is 0.321 e. The zero-order chi connectivity index (χ0) is 9.23. The number of hydrogen-bond donors (Lipinski definition) is 1. The Morgan fingerprint density at radius 2 is 1.91 bits per heavy atom. The van der Waals surface area contributed by atoms with Gasteiger partial charge < -0.3 is 5.11 Å². The summed E-state index contributed by atoms with van der Waals surface area (Å²) in [6.45, 7) is 7.14. The molecular formula is C7H14ClNO2. The molecule has 0 aliphatic heterocycles. The van der Waals surface area contributed by atoms with Crippen molar-refractivity contribution < 1.29 is 9.90 Å². The van der Waals surface area contributed by atoms with Crippen LogP contribution < -0.4 is 0 Å². The molecule has 1 N–H and O–H groups in total. The van der Waals surface area contributed by atoms with Gasteiger partial charge in [-0.3, -0.25) is 4.79 Å². The molecule has 0 heterocycles. The molecule has 0 aliphatic rings. The summed E-state index contributed by atoms with van der Waals surface area (Å²) < 4.78 is 1.30. The molecule has 66 valence electrons. The summed E-state index contributed by atoms with van der Waals surface area (Å²) in [6.07, 6.45) is 0. The van der Waals surface area contributed by atoms with E-state index in [1.165, 1.54) is 4.42 Å². The van der Waals surface area contributed by atoms with Crippen molar-refractivity contribution in [2.75, 3.05) is 0 Å². The molecule has 1 atom stereocenters.